The highest BCUT2D eigenvalue weighted by Gasteiger charge is 2.30. The minimum absolute atomic E-state index is 0.00165. The molecule has 16 nitrogen and oxygen atoms in total. The summed E-state index contributed by atoms with van der Waals surface area (Å²) in [5.41, 5.74) is 5.65. The van der Waals surface area contributed by atoms with E-state index in [1.165, 1.54) is 11.6 Å². The number of nitrogens with one attached hydrogen (secondary N) is 2. The minimum Gasteiger partial charge on any atom is -0.491 e. The van der Waals surface area contributed by atoms with Gasteiger partial charge in [0.05, 0.1) is 97.0 Å². The molecule has 0 bridgehead atoms. The number of carbonyl (C=O) groups is 2. The van der Waals surface area contributed by atoms with E-state index in [9.17, 15) is 22.8 Å². The molecule has 0 radical (unpaired) electrons. The van der Waals surface area contributed by atoms with Gasteiger partial charge in [0.15, 0.2) is 0 Å². The van der Waals surface area contributed by atoms with Crippen molar-refractivity contribution < 1.29 is 60.7 Å². The molecule has 438 valence electrons. The highest BCUT2D eigenvalue weighted by atomic mass is 19.4. The number of halogens is 3. The van der Waals surface area contributed by atoms with Gasteiger partial charge >= 0.3 is 6.18 Å². The molecule has 80 heavy (non-hydrogen) atoms. The third kappa shape index (κ3) is 21.8. The van der Waals surface area contributed by atoms with Gasteiger partial charge in [0, 0.05) is 100.0 Å². The number of piperazine rings is 1. The Labute approximate surface area is 470 Å². The fraction of sp³-hybridized carbons (Fsp3) is 0.525. The minimum atomic E-state index is -4.47. The first-order valence-electron chi connectivity index (χ1n) is 28.1. The topological polar surface area (TPSA) is 155 Å². The number of anilines is 3. The molecular weight excluding hydrogens is 1030 g/mol. The maximum absolute atomic E-state index is 13.3. The lowest BCUT2D eigenvalue weighted by Gasteiger charge is -2.36. The molecule has 19 heteroatoms. The molecule has 1 fully saturated rings. The summed E-state index contributed by atoms with van der Waals surface area (Å²) in [6, 6.07) is 22.5. The van der Waals surface area contributed by atoms with Gasteiger partial charge in [0.25, 0.3) is 5.91 Å². The van der Waals surface area contributed by atoms with E-state index in [4.69, 9.17) is 37.9 Å². The van der Waals surface area contributed by atoms with E-state index < -0.39 is 17.6 Å². The lowest BCUT2D eigenvalue weighted by Crippen LogP contribution is -2.49. The number of methoxy groups -OCH3 is 1. The Hall–Kier alpha value is -6.06. The van der Waals surface area contributed by atoms with Crippen LogP contribution in [0.4, 0.5) is 30.2 Å². The molecule has 1 aliphatic carbocycles. The van der Waals surface area contributed by atoms with Gasteiger partial charge < -0.3 is 63.2 Å². The molecule has 1 aromatic heterocycles. The second-order valence-corrected chi connectivity index (χ2v) is 19.4. The van der Waals surface area contributed by atoms with Crippen molar-refractivity contribution in [2.45, 2.75) is 65.2 Å². The lowest BCUT2D eigenvalue weighted by atomic mass is 9.87. The van der Waals surface area contributed by atoms with Crippen LogP contribution in [0.15, 0.2) is 109 Å². The van der Waals surface area contributed by atoms with Gasteiger partial charge in [-0.05, 0) is 124 Å². The predicted molar refractivity (Wildman–Crippen MR) is 306 cm³/mol. The average molecular weight is 1120 g/mol. The van der Waals surface area contributed by atoms with Crippen LogP contribution in [0.5, 0.6) is 5.75 Å². The van der Waals surface area contributed by atoms with Crippen LogP contribution in [0.1, 0.15) is 67.9 Å². The Balaban J connectivity index is 0.791. The van der Waals surface area contributed by atoms with Gasteiger partial charge in [-0.3, -0.25) is 14.6 Å². The predicted octanol–water partition coefficient (Wildman–Crippen LogP) is 9.49. The van der Waals surface area contributed by atoms with Crippen molar-refractivity contribution in [1.29, 1.82) is 0 Å². The second kappa shape index (κ2) is 34.9. The van der Waals surface area contributed by atoms with Crippen LogP contribution in [0.2, 0.25) is 0 Å². The van der Waals surface area contributed by atoms with Gasteiger partial charge in [-0.1, -0.05) is 30.4 Å². The quantitative estimate of drug-likeness (QED) is 0.0412. The summed E-state index contributed by atoms with van der Waals surface area (Å²) in [6.07, 6.45) is 6.82. The average Bonchev–Trinajstić information content (AvgIpc) is 3.49. The number of ether oxygens (including phenoxy) is 8. The number of carbonyl (C=O) groups excluding carboxylic acids is 2. The van der Waals surface area contributed by atoms with Gasteiger partial charge in [-0.2, -0.15) is 13.2 Å². The lowest BCUT2D eigenvalue weighted by molar-refractivity contribution is -0.137. The first-order chi connectivity index (χ1) is 38.9. The zero-order valence-electron chi connectivity index (χ0n) is 47.2. The molecule has 2 unspecified atom stereocenters. The second-order valence-electron chi connectivity index (χ2n) is 19.4. The van der Waals surface area contributed by atoms with Crippen LogP contribution in [0.25, 0.3) is 11.3 Å². The van der Waals surface area contributed by atoms with Crippen LogP contribution < -0.4 is 25.2 Å². The smallest absolute Gasteiger partial charge is 0.416 e. The fourth-order valence-electron chi connectivity index (χ4n) is 9.31. The van der Waals surface area contributed by atoms with Crippen LogP contribution in [0, 0.1) is 5.92 Å². The van der Waals surface area contributed by atoms with E-state index in [0.717, 1.165) is 85.9 Å². The number of benzene rings is 3. The molecule has 4 aromatic rings. The van der Waals surface area contributed by atoms with Gasteiger partial charge in [-0.25, -0.2) is 0 Å². The number of aromatic nitrogens is 1. The molecule has 3 aromatic carbocycles. The molecule has 2 N–H and O–H groups in total. The molecule has 2 atom stereocenters. The number of allylic oxidation sites excluding steroid dienone is 3. The Morgan fingerprint density at radius 3 is 2.06 bits per heavy atom. The van der Waals surface area contributed by atoms with Crippen LogP contribution >= 0.6 is 0 Å². The molecule has 0 saturated carbocycles. The number of amides is 2. The van der Waals surface area contributed by atoms with Gasteiger partial charge in [0.2, 0.25) is 5.91 Å². The number of hydrogen-bond acceptors (Lipinski definition) is 14. The monoisotopic (exact) mass is 1120 g/mol. The maximum Gasteiger partial charge on any atom is 0.416 e. The maximum atomic E-state index is 13.3. The van der Waals surface area contributed by atoms with E-state index in [1.807, 2.05) is 29.2 Å². The Morgan fingerprint density at radius 2 is 1.40 bits per heavy atom. The fourth-order valence-corrected chi connectivity index (χ4v) is 9.31. The van der Waals surface area contributed by atoms with E-state index in [-0.39, 0.29) is 18.5 Å². The summed E-state index contributed by atoms with van der Waals surface area (Å²) in [6.45, 7) is 17.6. The van der Waals surface area contributed by atoms with Gasteiger partial charge in [0.1, 0.15) is 12.4 Å². The number of pyridine rings is 1. The van der Waals surface area contributed by atoms with Crippen LogP contribution in [-0.4, -0.2) is 167 Å². The summed E-state index contributed by atoms with van der Waals surface area (Å²) >= 11 is 0. The van der Waals surface area contributed by atoms with E-state index in [0.29, 0.717) is 135 Å². The number of nitrogens with zero attached hydrogens (tertiary/aromatic N) is 4. The van der Waals surface area contributed by atoms with E-state index >= 15 is 0 Å². The van der Waals surface area contributed by atoms with E-state index in [2.05, 4.69) is 82.6 Å². The summed E-state index contributed by atoms with van der Waals surface area (Å²) in [5.74, 6) is 0.849. The van der Waals surface area contributed by atoms with Gasteiger partial charge in [-0.15, -0.1) is 0 Å². The van der Waals surface area contributed by atoms with Crippen molar-refractivity contribution >= 4 is 28.9 Å². The van der Waals surface area contributed by atoms with Crippen LogP contribution in [0.3, 0.4) is 0 Å². The first kappa shape index (κ1) is 63.1. The van der Waals surface area contributed by atoms with Crippen molar-refractivity contribution in [3.8, 4) is 17.0 Å². The molecule has 0 spiro atoms. The standard InChI is InChI=1S/C61H83F3N6O10/c1-5-68(6-2)54-17-20-57(56(45-54)58-44-51(21-23-65-58)60(72)66-46-49-11-8-14-52(43-49)61(62,63)64)67-47(3)50-13-7-10-48(42-50)12-9-28-74-32-34-77-37-38-78-35-33-75-29-22-59(71)70-26-24-69(25-27-70)53-15-18-55(19-16-53)80-41-40-79-39-36-76-31-30-73-4/h7-8,10-11,13-21,23,43-45,47-48,67H,5-6,9,12,22,24-42,46H2,1-4H3,(H,66,72). The highest BCUT2D eigenvalue weighted by Crippen LogP contribution is 2.35. The van der Waals surface area contributed by atoms with Crippen molar-refractivity contribution in [3.05, 3.63) is 126 Å². The summed E-state index contributed by atoms with van der Waals surface area (Å²) < 4.78 is 84.5. The Kier molecular flexibility index (Phi) is 27.6. The van der Waals surface area contributed by atoms with Crippen molar-refractivity contribution in [1.82, 2.24) is 15.2 Å². The third-order valence-corrected chi connectivity index (χ3v) is 13.8. The first-order valence-corrected chi connectivity index (χ1v) is 28.1. The van der Waals surface area contributed by atoms with E-state index in [1.54, 1.807) is 31.5 Å². The number of alkyl halides is 3. The highest BCUT2D eigenvalue weighted by molar-refractivity contribution is 5.95. The largest absolute Gasteiger partial charge is 0.491 e. The zero-order chi connectivity index (χ0) is 56.8. The SMILES string of the molecule is CCN(CC)c1ccc(NC(C)C2=CC=CC(CCCOCCOCCOCCOCCC(=O)N3CCN(c4ccc(OCCOCCOCCOC)cc4)CC3)C2)c(-c2cc(C(=O)NCc3cccc(C(F)(F)F)c3)ccn2)c1. The Morgan fingerprint density at radius 1 is 0.750 bits per heavy atom. The molecule has 2 aliphatic rings. The van der Waals surface area contributed by atoms with Crippen molar-refractivity contribution in [3.63, 3.8) is 0 Å². The summed E-state index contributed by atoms with van der Waals surface area (Å²) in [5, 5.41) is 6.50. The molecule has 6 rings (SSSR count). The summed E-state index contributed by atoms with van der Waals surface area (Å²) in [7, 11) is 1.64. The summed E-state index contributed by atoms with van der Waals surface area (Å²) in [4.78, 5) is 37.3. The molecule has 1 saturated heterocycles. The Bertz CT molecular complexity index is 2500. The molecule has 2 amide bonds. The molecule has 2 heterocycles. The number of rotatable bonds is 37. The number of hydrogen-bond donors (Lipinski definition) is 2. The van der Waals surface area contributed by atoms with Crippen molar-refractivity contribution in [2.24, 2.45) is 5.92 Å². The molecule has 1 aliphatic heterocycles. The zero-order valence-corrected chi connectivity index (χ0v) is 47.2. The normalized spacial score (nSPS) is 14.9. The van der Waals surface area contributed by atoms with Crippen molar-refractivity contribution in [2.75, 3.05) is 154 Å². The molecular formula is C61H83F3N6O10. The van der Waals surface area contributed by atoms with Crippen LogP contribution in [-0.2, 0) is 50.7 Å². The third-order valence-electron chi connectivity index (χ3n) is 13.8.